The van der Waals surface area contributed by atoms with Gasteiger partial charge in [0.2, 0.25) is 0 Å². The fourth-order valence-electron chi connectivity index (χ4n) is 2.55. The van der Waals surface area contributed by atoms with Crippen molar-refractivity contribution in [2.75, 3.05) is 13.2 Å². The summed E-state index contributed by atoms with van der Waals surface area (Å²) in [5.41, 5.74) is 0.982. The molecule has 0 spiro atoms. The molecule has 0 bridgehead atoms. The number of hydrogen-bond acceptors (Lipinski definition) is 6. The van der Waals surface area contributed by atoms with Crippen LogP contribution >= 0.6 is 0 Å². The highest BCUT2D eigenvalue weighted by atomic mass is 16.6. The van der Waals surface area contributed by atoms with Crippen LogP contribution in [-0.4, -0.2) is 37.2 Å². The van der Waals surface area contributed by atoms with Gasteiger partial charge in [-0.3, -0.25) is 14.4 Å². The second-order valence-electron chi connectivity index (χ2n) is 6.24. The van der Waals surface area contributed by atoms with E-state index in [1.54, 1.807) is 0 Å². The molecule has 2 atom stereocenters. The highest BCUT2D eigenvalue weighted by molar-refractivity contribution is 5.67. The molecule has 27 heavy (non-hydrogen) atoms. The SMILES string of the molecule is CC(=O)OCCCCC(COC(C)=O)C(/C=C/c1ccccc1)OC(C)=O. The number of carbonyl (C=O) groups is 3. The summed E-state index contributed by atoms with van der Waals surface area (Å²) in [4.78, 5) is 33.6. The normalized spacial score (nSPS) is 13.0. The van der Waals surface area contributed by atoms with E-state index in [1.165, 1.54) is 20.8 Å². The van der Waals surface area contributed by atoms with Crippen LogP contribution in [0.3, 0.4) is 0 Å². The lowest BCUT2D eigenvalue weighted by Gasteiger charge is -2.24. The lowest BCUT2D eigenvalue weighted by atomic mass is 9.95. The largest absolute Gasteiger partial charge is 0.466 e. The molecule has 0 radical (unpaired) electrons. The van der Waals surface area contributed by atoms with Gasteiger partial charge in [-0.1, -0.05) is 36.4 Å². The van der Waals surface area contributed by atoms with Gasteiger partial charge in [-0.05, 0) is 30.9 Å². The van der Waals surface area contributed by atoms with Gasteiger partial charge in [0.1, 0.15) is 6.10 Å². The molecule has 148 valence electrons. The fraction of sp³-hybridized carbons (Fsp3) is 0.476. The van der Waals surface area contributed by atoms with E-state index in [9.17, 15) is 14.4 Å². The van der Waals surface area contributed by atoms with Crippen molar-refractivity contribution in [3.8, 4) is 0 Å². The van der Waals surface area contributed by atoms with E-state index in [0.29, 0.717) is 19.4 Å². The third kappa shape index (κ3) is 10.8. The van der Waals surface area contributed by atoms with E-state index < -0.39 is 12.1 Å². The molecular formula is C21H28O6. The molecule has 0 aliphatic heterocycles. The molecule has 0 aliphatic rings. The lowest BCUT2D eigenvalue weighted by molar-refractivity contribution is -0.150. The quantitative estimate of drug-likeness (QED) is 0.334. The Kier molecular flexibility index (Phi) is 10.5. The molecule has 6 nitrogen and oxygen atoms in total. The zero-order valence-corrected chi connectivity index (χ0v) is 16.2. The maximum absolute atomic E-state index is 11.5. The van der Waals surface area contributed by atoms with E-state index in [0.717, 1.165) is 12.0 Å². The molecule has 0 fully saturated rings. The van der Waals surface area contributed by atoms with E-state index in [4.69, 9.17) is 14.2 Å². The lowest BCUT2D eigenvalue weighted by Crippen LogP contribution is -2.29. The third-order valence-corrected chi connectivity index (χ3v) is 3.82. The number of esters is 3. The van der Waals surface area contributed by atoms with Crippen molar-refractivity contribution in [2.24, 2.45) is 5.92 Å². The molecule has 0 saturated heterocycles. The number of rotatable bonds is 11. The van der Waals surface area contributed by atoms with Crippen LogP contribution in [0.4, 0.5) is 0 Å². The summed E-state index contributed by atoms with van der Waals surface area (Å²) in [7, 11) is 0. The first-order chi connectivity index (χ1) is 12.9. The number of hydrogen-bond donors (Lipinski definition) is 0. The van der Waals surface area contributed by atoms with Crippen LogP contribution in [0.2, 0.25) is 0 Å². The Labute approximate surface area is 160 Å². The minimum absolute atomic E-state index is 0.153. The van der Waals surface area contributed by atoms with Crippen molar-refractivity contribution in [3.05, 3.63) is 42.0 Å². The van der Waals surface area contributed by atoms with Crippen molar-refractivity contribution in [1.29, 1.82) is 0 Å². The Balaban J connectivity index is 2.78. The minimum Gasteiger partial charge on any atom is -0.466 e. The molecular weight excluding hydrogens is 348 g/mol. The Morgan fingerprint density at radius 2 is 1.59 bits per heavy atom. The highest BCUT2D eigenvalue weighted by Crippen LogP contribution is 2.20. The van der Waals surface area contributed by atoms with Crippen molar-refractivity contribution in [3.63, 3.8) is 0 Å². The zero-order chi connectivity index (χ0) is 20.1. The molecule has 0 N–H and O–H groups in total. The summed E-state index contributed by atoms with van der Waals surface area (Å²) in [5.74, 6) is -1.27. The van der Waals surface area contributed by atoms with Gasteiger partial charge in [0, 0.05) is 26.7 Å². The Morgan fingerprint density at radius 3 is 2.19 bits per heavy atom. The zero-order valence-electron chi connectivity index (χ0n) is 16.2. The first kappa shape index (κ1) is 22.4. The van der Waals surface area contributed by atoms with Gasteiger partial charge in [-0.25, -0.2) is 0 Å². The molecule has 0 saturated carbocycles. The van der Waals surface area contributed by atoms with Crippen LogP contribution in [0.1, 0.15) is 45.6 Å². The van der Waals surface area contributed by atoms with Gasteiger partial charge in [-0.2, -0.15) is 0 Å². The molecule has 6 heteroatoms. The van der Waals surface area contributed by atoms with Gasteiger partial charge >= 0.3 is 17.9 Å². The molecule has 0 heterocycles. The van der Waals surface area contributed by atoms with E-state index in [-0.39, 0.29) is 24.5 Å². The molecule has 1 aromatic carbocycles. The molecule has 0 amide bonds. The summed E-state index contributed by atoms with van der Waals surface area (Å²) in [6, 6.07) is 9.66. The average Bonchev–Trinajstić information content (AvgIpc) is 2.61. The van der Waals surface area contributed by atoms with Crippen LogP contribution in [0.25, 0.3) is 6.08 Å². The second-order valence-corrected chi connectivity index (χ2v) is 6.24. The Bertz CT molecular complexity index is 623. The molecule has 0 aromatic heterocycles. The van der Waals surface area contributed by atoms with Crippen molar-refractivity contribution >= 4 is 24.0 Å². The molecule has 1 rings (SSSR count). The molecule has 0 aliphatic carbocycles. The Morgan fingerprint density at radius 1 is 0.926 bits per heavy atom. The highest BCUT2D eigenvalue weighted by Gasteiger charge is 2.23. The van der Waals surface area contributed by atoms with Gasteiger partial charge in [0.15, 0.2) is 0 Å². The third-order valence-electron chi connectivity index (χ3n) is 3.82. The van der Waals surface area contributed by atoms with Crippen molar-refractivity contribution in [1.82, 2.24) is 0 Å². The van der Waals surface area contributed by atoms with E-state index >= 15 is 0 Å². The van der Waals surface area contributed by atoms with E-state index in [1.807, 2.05) is 42.5 Å². The van der Waals surface area contributed by atoms with Crippen LogP contribution in [-0.2, 0) is 28.6 Å². The maximum Gasteiger partial charge on any atom is 0.303 e. The molecule has 1 aromatic rings. The first-order valence-corrected chi connectivity index (χ1v) is 9.05. The maximum atomic E-state index is 11.5. The monoisotopic (exact) mass is 376 g/mol. The number of carbonyl (C=O) groups excluding carboxylic acids is 3. The van der Waals surface area contributed by atoms with Gasteiger partial charge in [0.25, 0.3) is 0 Å². The predicted octanol–water partition coefficient (Wildman–Crippen LogP) is 3.54. The average molecular weight is 376 g/mol. The summed E-state index contributed by atoms with van der Waals surface area (Å²) in [6.07, 6.45) is 5.27. The number of unbranched alkanes of at least 4 members (excludes halogenated alkanes) is 1. The summed E-state index contributed by atoms with van der Waals surface area (Å²) >= 11 is 0. The summed E-state index contributed by atoms with van der Waals surface area (Å²) < 4.78 is 15.6. The first-order valence-electron chi connectivity index (χ1n) is 9.05. The van der Waals surface area contributed by atoms with Crippen LogP contribution < -0.4 is 0 Å². The summed E-state index contributed by atoms with van der Waals surface area (Å²) in [5, 5.41) is 0. The second kappa shape index (κ2) is 12.7. The van der Waals surface area contributed by atoms with Crippen molar-refractivity contribution < 1.29 is 28.6 Å². The number of benzene rings is 1. The molecule has 2 unspecified atom stereocenters. The van der Waals surface area contributed by atoms with E-state index in [2.05, 4.69) is 0 Å². The van der Waals surface area contributed by atoms with Crippen molar-refractivity contribution in [2.45, 2.75) is 46.1 Å². The minimum atomic E-state index is -0.518. The van der Waals surface area contributed by atoms with Gasteiger partial charge in [-0.15, -0.1) is 0 Å². The standard InChI is InChI=1S/C21H28O6/c1-16(22)25-14-8-7-11-20(15-26-17(2)23)21(27-18(3)24)13-12-19-9-5-4-6-10-19/h4-6,9-10,12-13,20-21H,7-8,11,14-15H2,1-3H3/b13-12+. The topological polar surface area (TPSA) is 78.9 Å². The predicted molar refractivity (Wildman–Crippen MR) is 102 cm³/mol. The van der Waals surface area contributed by atoms with Crippen LogP contribution in [0.15, 0.2) is 36.4 Å². The Hall–Kier alpha value is -2.63. The van der Waals surface area contributed by atoms with Gasteiger partial charge < -0.3 is 14.2 Å². The van der Waals surface area contributed by atoms with Crippen LogP contribution in [0.5, 0.6) is 0 Å². The fourth-order valence-corrected chi connectivity index (χ4v) is 2.55. The summed E-state index contributed by atoms with van der Waals surface area (Å²) in [6.45, 7) is 4.56. The number of ether oxygens (including phenoxy) is 3. The van der Waals surface area contributed by atoms with Crippen LogP contribution in [0, 0.1) is 5.92 Å². The van der Waals surface area contributed by atoms with Gasteiger partial charge in [0.05, 0.1) is 13.2 Å². The smallest absolute Gasteiger partial charge is 0.303 e.